The number of hydrogen-bond acceptors (Lipinski definition) is 4. The van der Waals surface area contributed by atoms with Gasteiger partial charge in [-0.1, -0.05) is 23.8 Å². The number of rotatable bonds is 8. The van der Waals surface area contributed by atoms with E-state index in [1.165, 1.54) is 6.08 Å². The molecule has 0 bridgehead atoms. The van der Waals surface area contributed by atoms with Crippen LogP contribution in [0.1, 0.15) is 23.6 Å². The van der Waals surface area contributed by atoms with Crippen LogP contribution in [0.4, 0.5) is 5.69 Å². The van der Waals surface area contributed by atoms with E-state index in [9.17, 15) is 10.1 Å². The first-order valence-corrected chi connectivity index (χ1v) is 8.96. The maximum Gasteiger partial charge on any atom is 0.266 e. The van der Waals surface area contributed by atoms with Crippen LogP contribution in [-0.2, 0) is 11.2 Å². The predicted molar refractivity (Wildman–Crippen MR) is 111 cm³/mol. The van der Waals surface area contributed by atoms with Crippen molar-refractivity contribution in [1.82, 2.24) is 0 Å². The van der Waals surface area contributed by atoms with E-state index in [0.717, 1.165) is 11.1 Å². The van der Waals surface area contributed by atoms with Gasteiger partial charge in [0.05, 0.1) is 13.7 Å². The van der Waals surface area contributed by atoms with Crippen molar-refractivity contribution < 1.29 is 14.3 Å². The molecule has 0 atom stereocenters. The number of methoxy groups -OCH3 is 1. The van der Waals surface area contributed by atoms with E-state index >= 15 is 0 Å². The molecule has 1 amide bonds. The van der Waals surface area contributed by atoms with Crippen molar-refractivity contribution in [3.63, 3.8) is 0 Å². The average molecular weight is 376 g/mol. The third-order valence-electron chi connectivity index (χ3n) is 4.01. The van der Waals surface area contributed by atoms with Gasteiger partial charge >= 0.3 is 0 Å². The van der Waals surface area contributed by atoms with Gasteiger partial charge in [-0.15, -0.1) is 6.58 Å². The van der Waals surface area contributed by atoms with Gasteiger partial charge in [-0.3, -0.25) is 4.79 Å². The first kappa shape index (κ1) is 20.8. The van der Waals surface area contributed by atoms with Crippen molar-refractivity contribution in [3.05, 3.63) is 71.3 Å². The van der Waals surface area contributed by atoms with Crippen LogP contribution in [-0.4, -0.2) is 19.6 Å². The van der Waals surface area contributed by atoms with Gasteiger partial charge in [-0.05, 0) is 56.2 Å². The fourth-order valence-electron chi connectivity index (χ4n) is 2.68. The van der Waals surface area contributed by atoms with Gasteiger partial charge in [0, 0.05) is 11.3 Å². The highest BCUT2D eigenvalue weighted by Crippen LogP contribution is 2.34. The third kappa shape index (κ3) is 5.24. The lowest BCUT2D eigenvalue weighted by Gasteiger charge is -2.15. The minimum atomic E-state index is -0.468. The van der Waals surface area contributed by atoms with Crippen molar-refractivity contribution in [1.29, 1.82) is 5.26 Å². The van der Waals surface area contributed by atoms with Gasteiger partial charge in [-0.25, -0.2) is 0 Å². The summed E-state index contributed by atoms with van der Waals surface area (Å²) in [6.45, 7) is 8.13. The number of allylic oxidation sites excluding steroid dienone is 1. The van der Waals surface area contributed by atoms with Crippen LogP contribution in [0.2, 0.25) is 0 Å². The highest BCUT2D eigenvalue weighted by molar-refractivity contribution is 6.09. The summed E-state index contributed by atoms with van der Waals surface area (Å²) in [6, 6.07) is 13.0. The van der Waals surface area contributed by atoms with Crippen molar-refractivity contribution in [2.75, 3.05) is 19.0 Å². The van der Waals surface area contributed by atoms with Crippen molar-refractivity contribution in [3.8, 4) is 17.6 Å². The highest BCUT2D eigenvalue weighted by Gasteiger charge is 2.14. The van der Waals surface area contributed by atoms with E-state index in [1.54, 1.807) is 31.4 Å². The molecule has 0 unspecified atom stereocenters. The van der Waals surface area contributed by atoms with Crippen molar-refractivity contribution in [2.24, 2.45) is 0 Å². The largest absolute Gasteiger partial charge is 0.493 e. The van der Waals surface area contributed by atoms with Gasteiger partial charge < -0.3 is 14.8 Å². The maximum absolute atomic E-state index is 12.5. The van der Waals surface area contributed by atoms with Crippen LogP contribution in [0.25, 0.3) is 6.08 Å². The molecular formula is C23H24N2O3. The lowest BCUT2D eigenvalue weighted by molar-refractivity contribution is -0.112. The fraction of sp³-hybridized carbons (Fsp3) is 0.217. The number of carbonyl (C=O) groups excluding carboxylic acids is 1. The highest BCUT2D eigenvalue weighted by atomic mass is 16.5. The summed E-state index contributed by atoms with van der Waals surface area (Å²) in [7, 11) is 1.55. The molecule has 2 aromatic carbocycles. The first-order chi connectivity index (χ1) is 13.5. The van der Waals surface area contributed by atoms with E-state index in [4.69, 9.17) is 9.47 Å². The van der Waals surface area contributed by atoms with Gasteiger partial charge in [0.2, 0.25) is 0 Å². The Labute approximate surface area is 165 Å². The number of nitriles is 1. The lowest BCUT2D eigenvalue weighted by Crippen LogP contribution is -2.13. The molecule has 0 saturated heterocycles. The molecule has 144 valence electrons. The molecule has 5 heteroatoms. The van der Waals surface area contributed by atoms with E-state index in [1.807, 2.05) is 38.1 Å². The second kappa shape index (κ2) is 9.98. The Kier molecular flexibility index (Phi) is 7.41. The second-order valence-corrected chi connectivity index (χ2v) is 6.13. The molecule has 0 heterocycles. The summed E-state index contributed by atoms with van der Waals surface area (Å²) in [5.74, 6) is 0.720. The SMILES string of the molecule is C=CCc1cc(/C=C(/C#N)C(=O)Nc2ccc(C)cc2)cc(OC)c1OCC. The molecule has 2 aromatic rings. The van der Waals surface area contributed by atoms with Crippen LogP contribution in [0.3, 0.4) is 0 Å². The van der Waals surface area contributed by atoms with E-state index in [2.05, 4.69) is 11.9 Å². The Bertz CT molecular complexity index is 922. The summed E-state index contributed by atoms with van der Waals surface area (Å²) in [4.78, 5) is 12.5. The summed E-state index contributed by atoms with van der Waals surface area (Å²) in [6.07, 6.45) is 3.87. The summed E-state index contributed by atoms with van der Waals surface area (Å²) >= 11 is 0. The lowest BCUT2D eigenvalue weighted by atomic mass is 10.0. The number of nitrogens with zero attached hydrogens (tertiary/aromatic N) is 1. The Morgan fingerprint density at radius 1 is 1.29 bits per heavy atom. The average Bonchev–Trinajstić information content (AvgIpc) is 2.69. The zero-order valence-corrected chi connectivity index (χ0v) is 16.4. The van der Waals surface area contributed by atoms with Crippen LogP contribution in [0, 0.1) is 18.3 Å². The number of benzene rings is 2. The monoisotopic (exact) mass is 376 g/mol. The summed E-state index contributed by atoms with van der Waals surface area (Å²) in [5.41, 5.74) is 3.27. The van der Waals surface area contributed by atoms with E-state index < -0.39 is 5.91 Å². The smallest absolute Gasteiger partial charge is 0.266 e. The molecule has 0 radical (unpaired) electrons. The molecule has 0 spiro atoms. The molecule has 0 aliphatic carbocycles. The van der Waals surface area contributed by atoms with Crippen LogP contribution in [0.5, 0.6) is 11.5 Å². The van der Waals surface area contributed by atoms with Gasteiger partial charge in [0.25, 0.3) is 5.91 Å². The van der Waals surface area contributed by atoms with Gasteiger partial charge in [0.15, 0.2) is 11.5 Å². The molecule has 0 aromatic heterocycles. The first-order valence-electron chi connectivity index (χ1n) is 8.96. The number of aryl methyl sites for hydroxylation is 1. The van der Waals surface area contributed by atoms with Gasteiger partial charge in [-0.2, -0.15) is 5.26 Å². The third-order valence-corrected chi connectivity index (χ3v) is 4.01. The fourth-order valence-corrected chi connectivity index (χ4v) is 2.68. The minimum Gasteiger partial charge on any atom is -0.493 e. The maximum atomic E-state index is 12.5. The van der Waals surface area contributed by atoms with Crippen molar-refractivity contribution >= 4 is 17.7 Å². The summed E-state index contributed by atoms with van der Waals surface area (Å²) in [5, 5.41) is 12.2. The number of anilines is 1. The topological polar surface area (TPSA) is 71.4 Å². The molecule has 0 saturated carbocycles. The number of nitrogens with one attached hydrogen (secondary N) is 1. The van der Waals surface area contributed by atoms with Crippen LogP contribution < -0.4 is 14.8 Å². The normalized spacial score (nSPS) is 10.7. The van der Waals surface area contributed by atoms with Crippen LogP contribution in [0.15, 0.2) is 54.6 Å². The standard InChI is InChI=1S/C23H24N2O3/c1-5-7-18-12-17(14-21(27-4)22(18)28-6-2)13-19(15-24)23(26)25-20-10-8-16(3)9-11-20/h5,8-14H,1,6-7H2,2-4H3,(H,25,26)/b19-13-. The second-order valence-electron chi connectivity index (χ2n) is 6.13. The summed E-state index contributed by atoms with van der Waals surface area (Å²) < 4.78 is 11.1. The van der Waals surface area contributed by atoms with Crippen molar-refractivity contribution in [2.45, 2.75) is 20.3 Å². The predicted octanol–water partition coefficient (Wildman–Crippen LogP) is 4.68. The zero-order chi connectivity index (χ0) is 20.5. The number of ether oxygens (including phenoxy) is 2. The Morgan fingerprint density at radius 2 is 2.00 bits per heavy atom. The molecular weight excluding hydrogens is 352 g/mol. The number of hydrogen-bond donors (Lipinski definition) is 1. The Morgan fingerprint density at radius 3 is 2.57 bits per heavy atom. The van der Waals surface area contributed by atoms with Gasteiger partial charge in [0.1, 0.15) is 11.6 Å². The molecule has 5 nitrogen and oxygen atoms in total. The van der Waals surface area contributed by atoms with E-state index in [0.29, 0.717) is 35.8 Å². The Balaban J connectivity index is 2.37. The number of carbonyl (C=O) groups is 1. The quantitative estimate of drug-likeness (QED) is 0.413. The molecule has 1 N–H and O–H groups in total. The molecule has 2 rings (SSSR count). The molecule has 0 aliphatic rings. The zero-order valence-electron chi connectivity index (χ0n) is 16.4. The van der Waals surface area contributed by atoms with E-state index in [-0.39, 0.29) is 5.57 Å². The Hall–Kier alpha value is -3.52. The number of amides is 1. The molecule has 0 fully saturated rings. The molecule has 28 heavy (non-hydrogen) atoms. The molecule has 0 aliphatic heterocycles. The minimum absolute atomic E-state index is 0.00339. The van der Waals surface area contributed by atoms with Crippen LogP contribution >= 0.6 is 0 Å².